The average molecular weight is 537 g/mol. The number of nitrogens with zero attached hydrogens (tertiary/aromatic N) is 3. The quantitative estimate of drug-likeness (QED) is 0.203. The summed E-state index contributed by atoms with van der Waals surface area (Å²) in [5, 5.41) is 19.6. The van der Waals surface area contributed by atoms with Gasteiger partial charge in [-0.1, -0.05) is 41.4 Å². The fourth-order valence-corrected chi connectivity index (χ4v) is 3.99. The van der Waals surface area contributed by atoms with Crippen LogP contribution in [-0.2, 0) is 14.3 Å². The topological polar surface area (TPSA) is 140 Å². The van der Waals surface area contributed by atoms with Crippen molar-refractivity contribution in [1.82, 2.24) is 5.01 Å². The lowest BCUT2D eigenvalue weighted by atomic mass is 10.1. The van der Waals surface area contributed by atoms with Gasteiger partial charge in [0.25, 0.3) is 5.91 Å². The number of benzene rings is 3. The maximum Gasteiger partial charge on any atom is 0.314 e. The normalized spacial score (nSPS) is 14.4. The van der Waals surface area contributed by atoms with Gasteiger partial charge < -0.3 is 14.8 Å². The van der Waals surface area contributed by atoms with Crippen LogP contribution in [0.1, 0.15) is 47.1 Å². The number of nitro groups is 1. The van der Waals surface area contributed by atoms with Crippen LogP contribution in [0.5, 0.6) is 5.75 Å². The third-order valence-electron chi connectivity index (χ3n) is 5.38. The molecule has 3 aromatic rings. The first-order valence-electron chi connectivity index (χ1n) is 11.2. The molecule has 4 rings (SSSR count). The zero-order valence-corrected chi connectivity index (χ0v) is 21.2. The number of nitrogens with one attached hydrogen (secondary N) is 1. The Kier molecular flexibility index (Phi) is 7.40. The number of esters is 1. The predicted octanol–water partition coefficient (Wildman–Crippen LogP) is 4.97. The Morgan fingerprint density at radius 1 is 1.11 bits per heavy atom. The van der Waals surface area contributed by atoms with Gasteiger partial charge in [-0.25, -0.2) is 0 Å². The van der Waals surface area contributed by atoms with Crippen molar-refractivity contribution in [2.24, 2.45) is 5.10 Å². The van der Waals surface area contributed by atoms with Gasteiger partial charge in [-0.15, -0.1) is 5.10 Å². The van der Waals surface area contributed by atoms with Crippen molar-refractivity contribution in [2.45, 2.75) is 27.0 Å². The molecule has 0 spiro atoms. The first-order valence-corrected chi connectivity index (χ1v) is 11.6. The van der Waals surface area contributed by atoms with E-state index in [2.05, 4.69) is 10.4 Å². The number of carbonyl (C=O) groups is 3. The molecule has 0 aliphatic carbocycles. The number of hydrogen-bond donors (Lipinski definition) is 1. The van der Waals surface area contributed by atoms with Gasteiger partial charge in [-0.05, 0) is 37.3 Å². The van der Waals surface area contributed by atoms with Gasteiger partial charge in [-0.2, -0.15) is 5.01 Å². The molecule has 0 bridgehead atoms. The molecule has 194 valence electrons. The smallest absolute Gasteiger partial charge is 0.314 e. The number of amides is 2. The number of nitro benzene ring substituents is 1. The van der Waals surface area contributed by atoms with Crippen LogP contribution in [0.4, 0.5) is 11.4 Å². The van der Waals surface area contributed by atoms with Crippen LogP contribution >= 0.6 is 11.6 Å². The highest BCUT2D eigenvalue weighted by Gasteiger charge is 2.36. The van der Waals surface area contributed by atoms with E-state index >= 15 is 0 Å². The van der Waals surface area contributed by atoms with Crippen molar-refractivity contribution in [3.8, 4) is 5.75 Å². The fraction of sp³-hybridized carbons (Fsp3) is 0.154. The third-order valence-corrected chi connectivity index (χ3v) is 5.60. The van der Waals surface area contributed by atoms with E-state index in [0.717, 1.165) is 23.6 Å². The van der Waals surface area contributed by atoms with E-state index in [9.17, 15) is 24.5 Å². The number of aryl methyl sites for hydroxylation is 1. The molecule has 3 aromatic carbocycles. The van der Waals surface area contributed by atoms with Crippen LogP contribution in [0.2, 0.25) is 5.02 Å². The molecule has 0 aromatic heterocycles. The highest BCUT2D eigenvalue weighted by atomic mass is 35.5. The summed E-state index contributed by atoms with van der Waals surface area (Å²) in [6, 6.07) is 16.0. The minimum absolute atomic E-state index is 0.0346. The minimum Gasteiger partial charge on any atom is -0.446 e. The maximum atomic E-state index is 12.7. The molecule has 0 saturated carbocycles. The number of carbonyl (C=O) groups excluding carboxylic acids is 3. The summed E-state index contributed by atoms with van der Waals surface area (Å²) in [4.78, 5) is 47.7. The van der Waals surface area contributed by atoms with Gasteiger partial charge in [0.15, 0.2) is 0 Å². The van der Waals surface area contributed by atoms with E-state index in [1.54, 1.807) is 42.5 Å². The molecule has 11 nitrogen and oxygen atoms in total. The largest absolute Gasteiger partial charge is 0.446 e. The summed E-state index contributed by atoms with van der Waals surface area (Å²) < 4.78 is 11.1. The summed E-state index contributed by atoms with van der Waals surface area (Å²) in [5.41, 5.74) is 1.64. The lowest BCUT2D eigenvalue weighted by Gasteiger charge is -2.20. The number of rotatable bonds is 6. The Morgan fingerprint density at radius 3 is 2.50 bits per heavy atom. The molecule has 2 amide bonds. The van der Waals surface area contributed by atoms with Gasteiger partial charge in [0.2, 0.25) is 23.8 Å². The molecule has 1 atom stereocenters. The summed E-state index contributed by atoms with van der Waals surface area (Å²) in [7, 11) is 0. The number of ether oxygens (including phenoxy) is 2. The van der Waals surface area contributed by atoms with E-state index in [0.29, 0.717) is 16.8 Å². The zero-order valence-electron chi connectivity index (χ0n) is 20.4. The molecule has 0 radical (unpaired) electrons. The van der Waals surface area contributed by atoms with Crippen LogP contribution < -0.4 is 10.1 Å². The predicted molar refractivity (Wildman–Crippen MR) is 138 cm³/mol. The molecule has 0 unspecified atom stereocenters. The fourth-order valence-electron chi connectivity index (χ4n) is 3.78. The molecule has 38 heavy (non-hydrogen) atoms. The molecule has 1 aliphatic heterocycles. The molecular formula is C26H21ClN4O7. The molecule has 0 fully saturated rings. The molecular weight excluding hydrogens is 516 g/mol. The van der Waals surface area contributed by atoms with Crippen molar-refractivity contribution in [1.29, 1.82) is 0 Å². The van der Waals surface area contributed by atoms with Crippen molar-refractivity contribution in [3.05, 3.63) is 98.1 Å². The third kappa shape index (κ3) is 5.62. The second kappa shape index (κ2) is 10.7. The molecule has 12 heteroatoms. The van der Waals surface area contributed by atoms with Crippen molar-refractivity contribution < 1.29 is 28.8 Å². The number of anilines is 1. The Balaban J connectivity index is 1.68. The van der Waals surface area contributed by atoms with Crippen LogP contribution in [0.3, 0.4) is 0 Å². The zero-order chi connectivity index (χ0) is 27.6. The summed E-state index contributed by atoms with van der Waals surface area (Å²) in [5.74, 6) is -2.27. The maximum absolute atomic E-state index is 12.7. The standard InChI is InChI=1S/C26H21ClN4O7/c1-14-6-4-7-17(10-14)24(34)28-20-9-5-8-18(11-20)26-30(15(2)32)29-25(38-26)21-12-19(27)13-22(31(35)36)23(21)37-16(3)33/h4-13,26H,1-3H3,(H,28,34)/t26-/m0/s1. The summed E-state index contributed by atoms with van der Waals surface area (Å²) in [6.07, 6.45) is -1.08. The Bertz CT molecular complexity index is 1500. The van der Waals surface area contributed by atoms with Crippen LogP contribution in [-0.4, -0.2) is 33.6 Å². The molecule has 1 aliphatic rings. The van der Waals surface area contributed by atoms with E-state index in [-0.39, 0.29) is 22.4 Å². The van der Waals surface area contributed by atoms with Gasteiger partial charge in [0, 0.05) is 41.8 Å². The Labute approximate surface area is 221 Å². The van der Waals surface area contributed by atoms with E-state index in [4.69, 9.17) is 21.1 Å². The second-order valence-electron chi connectivity index (χ2n) is 8.34. The van der Waals surface area contributed by atoms with Crippen molar-refractivity contribution >= 4 is 46.7 Å². The van der Waals surface area contributed by atoms with Gasteiger partial charge >= 0.3 is 11.7 Å². The first-order chi connectivity index (χ1) is 18.0. The van der Waals surface area contributed by atoms with E-state index in [1.807, 2.05) is 13.0 Å². The summed E-state index contributed by atoms with van der Waals surface area (Å²) in [6.45, 7) is 4.23. The van der Waals surface area contributed by atoms with Crippen molar-refractivity contribution in [2.75, 3.05) is 5.32 Å². The van der Waals surface area contributed by atoms with E-state index < -0.39 is 34.5 Å². The summed E-state index contributed by atoms with van der Waals surface area (Å²) >= 11 is 6.09. The van der Waals surface area contributed by atoms with Crippen LogP contribution in [0, 0.1) is 17.0 Å². The van der Waals surface area contributed by atoms with Crippen LogP contribution in [0.15, 0.2) is 65.8 Å². The highest BCUT2D eigenvalue weighted by molar-refractivity contribution is 6.31. The minimum atomic E-state index is -1.08. The van der Waals surface area contributed by atoms with Gasteiger partial charge in [0.05, 0.1) is 10.5 Å². The van der Waals surface area contributed by atoms with E-state index in [1.165, 1.54) is 13.0 Å². The molecule has 1 heterocycles. The number of halogens is 1. The van der Waals surface area contributed by atoms with Gasteiger partial charge in [-0.3, -0.25) is 24.5 Å². The number of hydrazone groups is 1. The Hall–Kier alpha value is -4.77. The number of hydrogen-bond acceptors (Lipinski definition) is 8. The molecule has 1 N–H and O–H groups in total. The van der Waals surface area contributed by atoms with Gasteiger partial charge in [0.1, 0.15) is 0 Å². The first kappa shape index (κ1) is 26.3. The monoisotopic (exact) mass is 536 g/mol. The SMILES string of the molecule is CC(=O)Oc1c(C2=NN(C(C)=O)[C@H](c3cccc(NC(=O)c4cccc(C)c4)c3)O2)cc(Cl)cc1[N+](=O)[O-]. The highest BCUT2D eigenvalue weighted by Crippen LogP contribution is 2.39. The molecule has 0 saturated heterocycles. The lowest BCUT2D eigenvalue weighted by molar-refractivity contribution is -0.385. The lowest BCUT2D eigenvalue weighted by Crippen LogP contribution is -2.25. The van der Waals surface area contributed by atoms with Crippen LogP contribution in [0.25, 0.3) is 0 Å². The van der Waals surface area contributed by atoms with Crippen molar-refractivity contribution in [3.63, 3.8) is 0 Å². The Morgan fingerprint density at radius 2 is 1.84 bits per heavy atom. The average Bonchev–Trinajstić information content (AvgIpc) is 3.30. The second-order valence-corrected chi connectivity index (χ2v) is 8.78.